The number of halogens is 3. The van der Waals surface area contributed by atoms with E-state index in [9.17, 15) is 18.0 Å². The summed E-state index contributed by atoms with van der Waals surface area (Å²) in [5.41, 5.74) is 1.26. The molecule has 0 heterocycles. The molecule has 0 saturated heterocycles. The molecule has 6 heteroatoms. The van der Waals surface area contributed by atoms with Crippen molar-refractivity contribution in [3.8, 4) is 0 Å². The van der Waals surface area contributed by atoms with E-state index in [4.69, 9.17) is 5.21 Å². The number of amides is 1. The van der Waals surface area contributed by atoms with Crippen molar-refractivity contribution in [2.75, 3.05) is 0 Å². The van der Waals surface area contributed by atoms with Crippen molar-refractivity contribution in [2.24, 2.45) is 0 Å². The Kier molecular flexibility index (Phi) is 4.67. The molecule has 1 aromatic rings. The molecule has 0 spiro atoms. The highest BCUT2D eigenvalue weighted by Crippen LogP contribution is 2.29. The van der Waals surface area contributed by atoms with E-state index >= 15 is 0 Å². The molecule has 3 nitrogen and oxygen atoms in total. The lowest BCUT2D eigenvalue weighted by molar-refractivity contribution is -0.137. The van der Waals surface area contributed by atoms with Gasteiger partial charge in [-0.2, -0.15) is 13.2 Å². The van der Waals surface area contributed by atoms with Crippen LogP contribution in [0.1, 0.15) is 11.1 Å². The van der Waals surface area contributed by atoms with Crippen molar-refractivity contribution < 1.29 is 23.2 Å². The summed E-state index contributed by atoms with van der Waals surface area (Å²) in [4.78, 5) is 10.6. The first-order valence-electron chi connectivity index (χ1n) is 4.89. The smallest absolute Gasteiger partial charge is 0.288 e. The highest BCUT2D eigenvalue weighted by molar-refractivity contribution is 5.86. The molecule has 0 aliphatic carbocycles. The van der Waals surface area contributed by atoms with E-state index in [0.29, 0.717) is 5.56 Å². The number of carbonyl (C=O) groups is 1. The molecule has 0 saturated carbocycles. The summed E-state index contributed by atoms with van der Waals surface area (Å²) in [6.45, 7) is 0. The van der Waals surface area contributed by atoms with Crippen molar-refractivity contribution in [3.05, 3.63) is 53.6 Å². The van der Waals surface area contributed by atoms with Crippen LogP contribution in [0.3, 0.4) is 0 Å². The lowest BCUT2D eigenvalue weighted by atomic mass is 10.1. The van der Waals surface area contributed by atoms with Gasteiger partial charge < -0.3 is 0 Å². The van der Waals surface area contributed by atoms with Gasteiger partial charge in [-0.25, -0.2) is 5.48 Å². The largest absolute Gasteiger partial charge is 0.416 e. The van der Waals surface area contributed by atoms with Gasteiger partial charge in [-0.15, -0.1) is 0 Å². The van der Waals surface area contributed by atoms with Crippen molar-refractivity contribution in [3.63, 3.8) is 0 Å². The Balaban J connectivity index is 2.67. The number of hydrogen-bond acceptors (Lipinski definition) is 2. The van der Waals surface area contributed by atoms with E-state index in [0.717, 1.165) is 18.2 Å². The summed E-state index contributed by atoms with van der Waals surface area (Å²) >= 11 is 0. The minimum atomic E-state index is -4.35. The number of carbonyl (C=O) groups excluding carboxylic acids is 1. The van der Waals surface area contributed by atoms with Crippen LogP contribution in [0.5, 0.6) is 0 Å². The predicted octanol–water partition coefficient (Wildman–Crippen LogP) is 2.78. The minimum absolute atomic E-state index is 0.567. The van der Waals surface area contributed by atoms with Crippen LogP contribution in [0.25, 0.3) is 6.08 Å². The highest BCUT2D eigenvalue weighted by atomic mass is 19.4. The molecular formula is C12H10F3NO2. The Morgan fingerprint density at radius 2 is 1.78 bits per heavy atom. The summed E-state index contributed by atoms with van der Waals surface area (Å²) in [6, 6.07) is 4.59. The van der Waals surface area contributed by atoms with Gasteiger partial charge in [0.2, 0.25) is 0 Å². The zero-order valence-electron chi connectivity index (χ0n) is 9.11. The van der Waals surface area contributed by atoms with Crippen LogP contribution in [-0.2, 0) is 11.0 Å². The third kappa shape index (κ3) is 4.42. The zero-order chi connectivity index (χ0) is 13.6. The summed E-state index contributed by atoms with van der Waals surface area (Å²) in [5.74, 6) is -0.688. The van der Waals surface area contributed by atoms with Gasteiger partial charge in [0, 0.05) is 6.08 Å². The van der Waals surface area contributed by atoms with Crippen LogP contribution in [0, 0.1) is 0 Å². The number of benzene rings is 1. The number of rotatable bonds is 3. The van der Waals surface area contributed by atoms with Gasteiger partial charge in [0.1, 0.15) is 0 Å². The molecular weight excluding hydrogens is 247 g/mol. The monoisotopic (exact) mass is 257 g/mol. The fourth-order valence-electron chi connectivity index (χ4n) is 1.13. The van der Waals surface area contributed by atoms with E-state index in [1.54, 1.807) is 0 Å². The van der Waals surface area contributed by atoms with Gasteiger partial charge in [-0.05, 0) is 17.7 Å². The van der Waals surface area contributed by atoms with Gasteiger partial charge in [-0.1, -0.05) is 30.4 Å². The fraction of sp³-hybridized carbons (Fsp3) is 0.0833. The molecule has 0 unspecified atom stereocenters. The standard InChI is InChI=1S/C12H10F3NO2/c13-12(14,15)10-7-5-9(6-8-10)3-1-2-4-11(17)16-18/h1-8,18H,(H,16,17)/b3-1+,4-2+. The van der Waals surface area contributed by atoms with Crippen LogP contribution in [0.2, 0.25) is 0 Å². The van der Waals surface area contributed by atoms with Crippen LogP contribution >= 0.6 is 0 Å². The van der Waals surface area contributed by atoms with Gasteiger partial charge in [0.05, 0.1) is 5.56 Å². The van der Waals surface area contributed by atoms with Crippen molar-refractivity contribution in [2.45, 2.75) is 6.18 Å². The van der Waals surface area contributed by atoms with Gasteiger partial charge in [-0.3, -0.25) is 10.0 Å². The molecule has 0 aliphatic rings. The molecule has 0 radical (unpaired) electrons. The van der Waals surface area contributed by atoms with E-state index in [2.05, 4.69) is 0 Å². The summed E-state index contributed by atoms with van der Waals surface area (Å²) in [7, 11) is 0. The van der Waals surface area contributed by atoms with Crippen molar-refractivity contribution in [1.82, 2.24) is 5.48 Å². The predicted molar refractivity (Wildman–Crippen MR) is 59.5 cm³/mol. The second-order valence-corrected chi connectivity index (χ2v) is 3.31. The number of hydroxylamine groups is 1. The molecule has 0 fully saturated rings. The summed E-state index contributed by atoms with van der Waals surface area (Å²) in [6.07, 6.45) is 1.07. The number of nitrogens with one attached hydrogen (secondary N) is 1. The van der Waals surface area contributed by atoms with Crippen LogP contribution < -0.4 is 5.48 Å². The van der Waals surface area contributed by atoms with Gasteiger partial charge in [0.15, 0.2) is 0 Å². The molecule has 1 aromatic carbocycles. The average molecular weight is 257 g/mol. The molecule has 0 aromatic heterocycles. The summed E-state index contributed by atoms with van der Waals surface area (Å²) in [5, 5.41) is 8.18. The van der Waals surface area contributed by atoms with Crippen LogP contribution in [0.15, 0.2) is 42.5 Å². The van der Waals surface area contributed by atoms with Crippen molar-refractivity contribution >= 4 is 12.0 Å². The van der Waals surface area contributed by atoms with Gasteiger partial charge >= 0.3 is 6.18 Å². The Morgan fingerprint density at radius 1 is 1.17 bits per heavy atom. The molecule has 2 N–H and O–H groups in total. The number of hydrogen-bond donors (Lipinski definition) is 2. The van der Waals surface area contributed by atoms with Gasteiger partial charge in [0.25, 0.3) is 5.91 Å². The van der Waals surface area contributed by atoms with E-state index in [1.807, 2.05) is 0 Å². The SMILES string of the molecule is O=C(/C=C/C=C/c1ccc(C(F)(F)F)cc1)NO. The molecule has 0 atom stereocenters. The maximum atomic E-state index is 12.3. The highest BCUT2D eigenvalue weighted by Gasteiger charge is 2.29. The number of allylic oxidation sites excluding steroid dienone is 2. The zero-order valence-corrected chi connectivity index (χ0v) is 9.11. The lowest BCUT2D eigenvalue weighted by Gasteiger charge is -2.05. The lowest BCUT2D eigenvalue weighted by Crippen LogP contribution is -2.14. The Hall–Kier alpha value is -2.08. The second kappa shape index (κ2) is 6.02. The quantitative estimate of drug-likeness (QED) is 0.378. The van der Waals surface area contributed by atoms with Crippen molar-refractivity contribution in [1.29, 1.82) is 0 Å². The number of alkyl halides is 3. The molecule has 1 amide bonds. The van der Waals surface area contributed by atoms with E-state index < -0.39 is 17.6 Å². The van der Waals surface area contributed by atoms with Crippen LogP contribution in [0.4, 0.5) is 13.2 Å². The molecule has 0 bridgehead atoms. The molecule has 1 rings (SSSR count). The topological polar surface area (TPSA) is 49.3 Å². The van der Waals surface area contributed by atoms with E-state index in [1.165, 1.54) is 35.8 Å². The Morgan fingerprint density at radius 3 is 2.28 bits per heavy atom. The third-order valence-corrected chi connectivity index (χ3v) is 2.00. The maximum absolute atomic E-state index is 12.3. The maximum Gasteiger partial charge on any atom is 0.416 e. The Bertz CT molecular complexity index is 461. The second-order valence-electron chi connectivity index (χ2n) is 3.31. The molecule has 18 heavy (non-hydrogen) atoms. The fourth-order valence-corrected chi connectivity index (χ4v) is 1.13. The summed E-state index contributed by atoms with van der Waals surface area (Å²) < 4.78 is 36.8. The normalized spacial score (nSPS) is 12.2. The first kappa shape index (κ1) is 14.0. The average Bonchev–Trinajstić information content (AvgIpc) is 2.33. The van der Waals surface area contributed by atoms with E-state index in [-0.39, 0.29) is 0 Å². The van der Waals surface area contributed by atoms with Crippen LogP contribution in [-0.4, -0.2) is 11.1 Å². The first-order valence-corrected chi connectivity index (χ1v) is 4.89. The third-order valence-electron chi connectivity index (χ3n) is 2.00. The molecule has 96 valence electrons. The molecule has 0 aliphatic heterocycles. The Labute approximate surface area is 101 Å². The first-order chi connectivity index (χ1) is 8.43. The minimum Gasteiger partial charge on any atom is -0.288 e.